The van der Waals surface area contributed by atoms with E-state index in [4.69, 9.17) is 4.98 Å². The molecule has 1 N–H and O–H groups in total. The van der Waals surface area contributed by atoms with Gasteiger partial charge >= 0.3 is 5.97 Å². The summed E-state index contributed by atoms with van der Waals surface area (Å²) in [4.78, 5) is 30.5. The molecule has 1 saturated heterocycles. The Labute approximate surface area is 209 Å². The minimum Gasteiger partial charge on any atom is -0.481 e. The summed E-state index contributed by atoms with van der Waals surface area (Å²) in [6.07, 6.45) is 3.51. The minimum atomic E-state index is -1.08. The number of aryl methyl sites for hydroxylation is 3. The molecule has 36 heavy (non-hydrogen) atoms. The summed E-state index contributed by atoms with van der Waals surface area (Å²) in [5, 5.41) is 17.7. The highest BCUT2D eigenvalue weighted by atomic mass is 19.1. The van der Waals surface area contributed by atoms with Gasteiger partial charge in [0.15, 0.2) is 0 Å². The Morgan fingerprint density at radius 1 is 1.19 bits per heavy atom. The monoisotopic (exact) mass is 496 g/mol. The largest absolute Gasteiger partial charge is 0.481 e. The Balaban J connectivity index is 1.64. The van der Waals surface area contributed by atoms with Crippen LogP contribution in [-0.4, -0.2) is 54.9 Å². The summed E-state index contributed by atoms with van der Waals surface area (Å²) >= 11 is 0. The van der Waals surface area contributed by atoms with Gasteiger partial charge in [0.2, 0.25) is 0 Å². The van der Waals surface area contributed by atoms with Crippen LogP contribution in [0.1, 0.15) is 50.1 Å². The molecule has 1 aliphatic heterocycles. The smallest absolute Gasteiger partial charge is 0.303 e. The molecule has 4 heterocycles. The molecule has 0 spiro atoms. The number of aromatic nitrogens is 5. The lowest BCUT2D eigenvalue weighted by atomic mass is 9.93. The molecule has 0 radical (unpaired) electrons. The SMILES string of the molecule is CCCc1ccc(=O)n(Cc2c(-c3ccc(N4C[C@@H](F)C[C@H](CC(=O)O)C4)c(CC)n3)nnn2C)c1. The highest BCUT2D eigenvalue weighted by Crippen LogP contribution is 2.31. The van der Waals surface area contributed by atoms with E-state index in [9.17, 15) is 19.1 Å². The van der Waals surface area contributed by atoms with Gasteiger partial charge in [-0.05, 0) is 42.9 Å². The van der Waals surface area contributed by atoms with Gasteiger partial charge in [0.25, 0.3) is 5.56 Å². The number of piperidine rings is 1. The van der Waals surface area contributed by atoms with E-state index in [1.807, 2.05) is 36.2 Å². The van der Waals surface area contributed by atoms with Crippen LogP contribution in [0.3, 0.4) is 0 Å². The average molecular weight is 497 g/mol. The molecular weight excluding hydrogens is 463 g/mol. The summed E-state index contributed by atoms with van der Waals surface area (Å²) in [6.45, 7) is 5.10. The van der Waals surface area contributed by atoms with E-state index < -0.39 is 12.1 Å². The molecule has 0 bridgehead atoms. The quantitative estimate of drug-likeness (QED) is 0.485. The first kappa shape index (κ1) is 25.5. The van der Waals surface area contributed by atoms with Crippen LogP contribution in [0, 0.1) is 5.92 Å². The van der Waals surface area contributed by atoms with Crippen molar-refractivity contribution >= 4 is 11.7 Å². The fourth-order valence-corrected chi connectivity index (χ4v) is 4.96. The van der Waals surface area contributed by atoms with Crippen LogP contribution in [0.25, 0.3) is 11.4 Å². The zero-order valence-electron chi connectivity index (χ0n) is 21.0. The van der Waals surface area contributed by atoms with Gasteiger partial charge < -0.3 is 14.6 Å². The van der Waals surface area contributed by atoms with Gasteiger partial charge in [-0.15, -0.1) is 5.10 Å². The van der Waals surface area contributed by atoms with E-state index in [1.165, 1.54) is 0 Å². The number of rotatable bonds is 9. The third-order valence-electron chi connectivity index (χ3n) is 6.66. The lowest BCUT2D eigenvalue weighted by Crippen LogP contribution is -2.42. The molecule has 0 amide bonds. The van der Waals surface area contributed by atoms with Crippen molar-refractivity contribution < 1.29 is 14.3 Å². The lowest BCUT2D eigenvalue weighted by Gasteiger charge is -2.36. The van der Waals surface area contributed by atoms with E-state index >= 15 is 0 Å². The number of hydrogen-bond donors (Lipinski definition) is 1. The highest BCUT2D eigenvalue weighted by molar-refractivity contribution is 5.67. The number of alkyl halides is 1. The van der Waals surface area contributed by atoms with Crippen molar-refractivity contribution in [3.63, 3.8) is 0 Å². The van der Waals surface area contributed by atoms with Crippen LogP contribution in [0.2, 0.25) is 0 Å². The molecule has 9 nitrogen and oxygen atoms in total. The second-order valence-electron chi connectivity index (χ2n) is 9.48. The molecule has 3 aromatic heterocycles. The summed E-state index contributed by atoms with van der Waals surface area (Å²) in [7, 11) is 1.79. The second kappa shape index (κ2) is 11.0. The van der Waals surface area contributed by atoms with Crippen LogP contribution in [0.5, 0.6) is 0 Å². The van der Waals surface area contributed by atoms with E-state index in [1.54, 1.807) is 22.4 Å². The lowest BCUT2D eigenvalue weighted by molar-refractivity contribution is -0.138. The van der Waals surface area contributed by atoms with Gasteiger partial charge in [-0.25, -0.2) is 14.1 Å². The Morgan fingerprint density at radius 2 is 2.00 bits per heavy atom. The molecule has 0 aromatic carbocycles. The number of aliphatic carboxylic acids is 1. The number of pyridine rings is 2. The van der Waals surface area contributed by atoms with E-state index in [-0.39, 0.29) is 30.9 Å². The first-order chi connectivity index (χ1) is 17.3. The van der Waals surface area contributed by atoms with Crippen LogP contribution in [0.4, 0.5) is 10.1 Å². The fourth-order valence-electron chi connectivity index (χ4n) is 4.96. The predicted octanol–water partition coefficient (Wildman–Crippen LogP) is 3.24. The van der Waals surface area contributed by atoms with Gasteiger partial charge in [0.1, 0.15) is 11.9 Å². The zero-order chi connectivity index (χ0) is 25.8. The second-order valence-corrected chi connectivity index (χ2v) is 9.48. The van der Waals surface area contributed by atoms with Gasteiger partial charge in [-0.1, -0.05) is 31.5 Å². The normalized spacial score (nSPS) is 17.9. The minimum absolute atomic E-state index is 0.0499. The summed E-state index contributed by atoms with van der Waals surface area (Å²) in [5.74, 6) is -1.16. The standard InChI is InChI=1S/C26H33FN6O3/c1-4-6-17-7-10-24(34)33(13-17)16-23-26(29-30-31(23)3)21-8-9-22(20(5-2)28-21)32-14-18(12-25(35)36)11-19(27)15-32/h7-10,13,18-19H,4-6,11-12,14-16H2,1-3H3,(H,35,36)/t18-,19+/m1/s1. The number of carboxylic acid groups (broad SMARTS) is 1. The number of nitrogens with zero attached hydrogens (tertiary/aromatic N) is 6. The molecular formula is C26H33FN6O3. The third-order valence-corrected chi connectivity index (χ3v) is 6.66. The third kappa shape index (κ3) is 5.63. The van der Waals surface area contributed by atoms with Crippen LogP contribution in [-0.2, 0) is 31.2 Å². The van der Waals surface area contributed by atoms with Crippen molar-refractivity contribution in [3.8, 4) is 11.4 Å². The highest BCUT2D eigenvalue weighted by Gasteiger charge is 2.30. The molecule has 2 atom stereocenters. The molecule has 192 valence electrons. The Kier molecular flexibility index (Phi) is 7.81. The number of carboxylic acids is 1. The molecule has 1 fully saturated rings. The molecule has 0 unspecified atom stereocenters. The summed E-state index contributed by atoms with van der Waals surface area (Å²) in [5.41, 5.74) is 4.59. The zero-order valence-corrected chi connectivity index (χ0v) is 21.0. The van der Waals surface area contributed by atoms with Crippen LogP contribution < -0.4 is 10.5 Å². The Hall–Kier alpha value is -3.56. The molecule has 3 aromatic rings. The number of carbonyl (C=O) groups is 1. The van der Waals surface area contributed by atoms with Crippen LogP contribution in [0.15, 0.2) is 35.3 Å². The number of halogens is 1. The maximum Gasteiger partial charge on any atom is 0.303 e. The van der Waals surface area contributed by atoms with Crippen LogP contribution >= 0.6 is 0 Å². The van der Waals surface area contributed by atoms with Crippen molar-refractivity contribution in [1.82, 2.24) is 24.5 Å². The number of hydrogen-bond acceptors (Lipinski definition) is 6. The molecule has 0 saturated carbocycles. The van der Waals surface area contributed by atoms with E-state index in [0.717, 1.165) is 35.5 Å². The predicted molar refractivity (Wildman–Crippen MR) is 135 cm³/mol. The van der Waals surface area contributed by atoms with Gasteiger partial charge in [-0.3, -0.25) is 9.59 Å². The topological polar surface area (TPSA) is 106 Å². The van der Waals surface area contributed by atoms with Gasteiger partial charge in [-0.2, -0.15) is 0 Å². The van der Waals surface area contributed by atoms with Crippen molar-refractivity contribution in [2.45, 2.75) is 58.7 Å². The van der Waals surface area contributed by atoms with Crippen molar-refractivity contribution in [2.24, 2.45) is 13.0 Å². The number of anilines is 1. The molecule has 10 heteroatoms. The maximum absolute atomic E-state index is 14.5. The van der Waals surface area contributed by atoms with Gasteiger partial charge in [0.05, 0.1) is 29.3 Å². The van der Waals surface area contributed by atoms with Crippen molar-refractivity contribution in [3.05, 3.63) is 57.8 Å². The van der Waals surface area contributed by atoms with Crippen molar-refractivity contribution in [1.29, 1.82) is 0 Å². The maximum atomic E-state index is 14.5. The fraction of sp³-hybridized carbons (Fsp3) is 0.500. The van der Waals surface area contributed by atoms with Gasteiger partial charge in [0, 0.05) is 38.8 Å². The Morgan fingerprint density at radius 3 is 2.72 bits per heavy atom. The molecule has 4 rings (SSSR count). The summed E-state index contributed by atoms with van der Waals surface area (Å²) < 4.78 is 17.8. The van der Waals surface area contributed by atoms with Crippen molar-refractivity contribution in [2.75, 3.05) is 18.0 Å². The van der Waals surface area contributed by atoms with E-state index in [0.29, 0.717) is 30.9 Å². The first-order valence-electron chi connectivity index (χ1n) is 12.5. The molecule has 0 aliphatic carbocycles. The summed E-state index contributed by atoms with van der Waals surface area (Å²) in [6, 6.07) is 7.20. The molecule has 1 aliphatic rings. The van der Waals surface area contributed by atoms with E-state index in [2.05, 4.69) is 17.2 Å². The average Bonchev–Trinajstić information content (AvgIpc) is 3.20. The first-order valence-corrected chi connectivity index (χ1v) is 12.5. The Bertz CT molecular complexity index is 1290.